The smallest absolute Gasteiger partial charge is 0.229 e. The molecule has 1 unspecified atom stereocenters. The van der Waals surface area contributed by atoms with Crippen molar-refractivity contribution in [3.8, 4) is 0 Å². The van der Waals surface area contributed by atoms with Crippen LogP contribution in [0.3, 0.4) is 0 Å². The van der Waals surface area contributed by atoms with Crippen LogP contribution >= 0.6 is 10.7 Å². The molecule has 0 radical (unpaired) electrons. The standard InChI is InChI=1S/C11H13ClO6S3/c1-8-4-10(6-11(5-8)21(12,17)18)20(15,16)9-2-3-19(13,14)7-9/h4-6,9H,2-3,7H2,1H3. The van der Waals surface area contributed by atoms with Crippen molar-refractivity contribution < 1.29 is 25.3 Å². The molecular weight excluding hydrogens is 360 g/mol. The summed E-state index contributed by atoms with van der Waals surface area (Å²) < 4.78 is 70.5. The highest BCUT2D eigenvalue weighted by molar-refractivity contribution is 8.13. The van der Waals surface area contributed by atoms with Gasteiger partial charge in [-0.05, 0) is 37.1 Å². The SMILES string of the molecule is Cc1cc(S(=O)(=O)Cl)cc(S(=O)(=O)C2CCS(=O)(=O)C2)c1. The predicted molar refractivity (Wildman–Crippen MR) is 78.5 cm³/mol. The van der Waals surface area contributed by atoms with Gasteiger partial charge in [-0.3, -0.25) is 0 Å². The van der Waals surface area contributed by atoms with Gasteiger partial charge in [-0.15, -0.1) is 0 Å². The minimum absolute atomic E-state index is 0.0154. The second-order valence-corrected chi connectivity index (χ2v) is 12.0. The Kier molecular flexibility index (Phi) is 4.16. The lowest BCUT2D eigenvalue weighted by molar-refractivity contribution is 0.582. The Labute approximate surface area is 128 Å². The van der Waals surface area contributed by atoms with Gasteiger partial charge in [0.2, 0.25) is 0 Å². The molecule has 0 bridgehead atoms. The molecule has 21 heavy (non-hydrogen) atoms. The highest BCUT2D eigenvalue weighted by atomic mass is 35.7. The van der Waals surface area contributed by atoms with Gasteiger partial charge in [-0.2, -0.15) is 0 Å². The molecule has 1 atom stereocenters. The zero-order chi connectivity index (χ0) is 16.1. The molecule has 0 aliphatic carbocycles. The maximum Gasteiger partial charge on any atom is 0.261 e. The van der Waals surface area contributed by atoms with E-state index in [1.54, 1.807) is 0 Å². The number of rotatable bonds is 3. The third-order valence-electron chi connectivity index (χ3n) is 3.26. The van der Waals surface area contributed by atoms with Gasteiger partial charge in [-0.1, -0.05) is 0 Å². The van der Waals surface area contributed by atoms with Gasteiger partial charge in [0.15, 0.2) is 19.7 Å². The maximum absolute atomic E-state index is 12.5. The van der Waals surface area contributed by atoms with Crippen molar-refractivity contribution in [1.82, 2.24) is 0 Å². The van der Waals surface area contributed by atoms with E-state index in [9.17, 15) is 25.3 Å². The normalized spacial score (nSPS) is 22.3. The molecule has 1 saturated heterocycles. The summed E-state index contributed by atoms with van der Waals surface area (Å²) in [6.45, 7) is 1.54. The lowest BCUT2D eigenvalue weighted by atomic mass is 10.2. The fourth-order valence-corrected chi connectivity index (χ4v) is 7.64. The van der Waals surface area contributed by atoms with E-state index in [2.05, 4.69) is 0 Å². The average Bonchev–Trinajstić information content (AvgIpc) is 2.68. The molecule has 1 aliphatic rings. The van der Waals surface area contributed by atoms with Crippen LogP contribution in [0.2, 0.25) is 0 Å². The Morgan fingerprint density at radius 3 is 2.14 bits per heavy atom. The molecule has 0 aromatic heterocycles. The minimum Gasteiger partial charge on any atom is -0.229 e. The van der Waals surface area contributed by atoms with E-state index >= 15 is 0 Å². The molecule has 2 rings (SSSR count). The Bertz CT molecular complexity index is 884. The Morgan fingerprint density at radius 2 is 1.67 bits per heavy atom. The predicted octanol–water partition coefficient (Wildman–Crippen LogP) is 0.883. The zero-order valence-electron chi connectivity index (χ0n) is 11.0. The largest absolute Gasteiger partial charge is 0.261 e. The first kappa shape index (κ1) is 16.7. The molecule has 6 nitrogen and oxygen atoms in total. The molecule has 1 aromatic carbocycles. The van der Waals surface area contributed by atoms with Crippen LogP contribution < -0.4 is 0 Å². The van der Waals surface area contributed by atoms with E-state index in [0.717, 1.165) is 6.07 Å². The molecule has 118 valence electrons. The van der Waals surface area contributed by atoms with Crippen molar-refractivity contribution in [3.63, 3.8) is 0 Å². The van der Waals surface area contributed by atoms with Gasteiger partial charge in [0, 0.05) is 10.7 Å². The number of halogens is 1. The van der Waals surface area contributed by atoms with Crippen molar-refractivity contribution in [2.24, 2.45) is 0 Å². The molecule has 1 fully saturated rings. The van der Waals surface area contributed by atoms with Crippen molar-refractivity contribution in [2.45, 2.75) is 28.4 Å². The van der Waals surface area contributed by atoms with Crippen LogP contribution in [0.15, 0.2) is 28.0 Å². The first-order valence-electron chi connectivity index (χ1n) is 5.92. The molecule has 1 heterocycles. The molecule has 0 N–H and O–H groups in total. The van der Waals surface area contributed by atoms with Crippen molar-refractivity contribution >= 4 is 39.4 Å². The lowest BCUT2D eigenvalue weighted by Crippen LogP contribution is -2.23. The summed E-state index contributed by atoms with van der Waals surface area (Å²) in [5, 5.41) is -1.05. The summed E-state index contributed by atoms with van der Waals surface area (Å²) in [4.78, 5) is -0.535. The van der Waals surface area contributed by atoms with E-state index in [0.29, 0.717) is 5.56 Å². The van der Waals surface area contributed by atoms with Gasteiger partial charge in [0.1, 0.15) is 0 Å². The summed E-state index contributed by atoms with van der Waals surface area (Å²) >= 11 is 0. The van der Waals surface area contributed by atoms with Crippen LogP contribution in [0, 0.1) is 6.92 Å². The Hall–Kier alpha value is -0.640. The molecule has 0 amide bonds. The maximum atomic E-state index is 12.5. The Balaban J connectivity index is 2.54. The van der Waals surface area contributed by atoms with Crippen LogP contribution in [0.5, 0.6) is 0 Å². The second kappa shape index (κ2) is 5.22. The van der Waals surface area contributed by atoms with Gasteiger partial charge in [-0.25, -0.2) is 25.3 Å². The van der Waals surface area contributed by atoms with Crippen molar-refractivity contribution in [2.75, 3.05) is 11.5 Å². The highest BCUT2D eigenvalue weighted by Gasteiger charge is 2.38. The van der Waals surface area contributed by atoms with E-state index in [1.807, 2.05) is 0 Å². The summed E-state index contributed by atoms with van der Waals surface area (Å²) in [6, 6.07) is 3.54. The molecule has 0 spiro atoms. The van der Waals surface area contributed by atoms with Gasteiger partial charge in [0.05, 0.1) is 26.5 Å². The molecule has 1 aliphatic heterocycles. The average molecular weight is 373 g/mol. The van der Waals surface area contributed by atoms with Gasteiger partial charge < -0.3 is 0 Å². The first-order valence-corrected chi connectivity index (χ1v) is 11.6. The Morgan fingerprint density at radius 1 is 1.10 bits per heavy atom. The number of hydrogen-bond acceptors (Lipinski definition) is 6. The summed E-state index contributed by atoms with van der Waals surface area (Å²) in [6.07, 6.45) is 0.0154. The topological polar surface area (TPSA) is 102 Å². The van der Waals surface area contributed by atoms with E-state index in [-0.39, 0.29) is 22.0 Å². The number of benzene rings is 1. The van der Waals surface area contributed by atoms with Gasteiger partial charge in [0.25, 0.3) is 9.05 Å². The van der Waals surface area contributed by atoms with E-state index in [4.69, 9.17) is 10.7 Å². The molecule has 0 saturated carbocycles. The van der Waals surface area contributed by atoms with Crippen molar-refractivity contribution in [1.29, 1.82) is 0 Å². The summed E-state index contributed by atoms with van der Waals surface area (Å²) in [7, 11) is -6.10. The molecule has 1 aromatic rings. The lowest BCUT2D eigenvalue weighted by Gasteiger charge is -2.11. The summed E-state index contributed by atoms with van der Waals surface area (Å²) in [5.74, 6) is -0.615. The van der Waals surface area contributed by atoms with Crippen molar-refractivity contribution in [3.05, 3.63) is 23.8 Å². The number of sulfone groups is 2. The fourth-order valence-electron chi connectivity index (χ4n) is 2.22. The van der Waals surface area contributed by atoms with E-state index in [1.165, 1.54) is 19.1 Å². The minimum atomic E-state index is -4.06. The van der Waals surface area contributed by atoms with Crippen LogP contribution in [0.25, 0.3) is 0 Å². The number of hydrogen-bond donors (Lipinski definition) is 0. The van der Waals surface area contributed by atoms with Crippen LogP contribution in [0.4, 0.5) is 0 Å². The first-order chi connectivity index (χ1) is 9.42. The quantitative estimate of drug-likeness (QED) is 0.730. The monoisotopic (exact) mass is 372 g/mol. The third-order valence-corrected chi connectivity index (χ3v) is 8.75. The zero-order valence-corrected chi connectivity index (χ0v) is 14.2. The number of aryl methyl sites for hydroxylation is 1. The second-order valence-electron chi connectivity index (χ2n) is 4.99. The van der Waals surface area contributed by atoms with E-state index < -0.39 is 39.7 Å². The van der Waals surface area contributed by atoms with Crippen LogP contribution in [-0.4, -0.2) is 42.0 Å². The highest BCUT2D eigenvalue weighted by Crippen LogP contribution is 2.28. The third kappa shape index (κ3) is 3.58. The van der Waals surface area contributed by atoms with Crippen LogP contribution in [-0.2, 0) is 28.7 Å². The van der Waals surface area contributed by atoms with Gasteiger partial charge >= 0.3 is 0 Å². The molecule has 10 heteroatoms. The summed E-state index contributed by atoms with van der Waals surface area (Å²) in [5.41, 5.74) is 0.413. The fraction of sp³-hybridized carbons (Fsp3) is 0.455. The molecular formula is C11H13ClO6S3. The van der Waals surface area contributed by atoms with Crippen LogP contribution in [0.1, 0.15) is 12.0 Å².